The average Bonchev–Trinajstić information content (AvgIpc) is 2.84. The molecule has 0 fully saturated rings. The van der Waals surface area contributed by atoms with Crippen LogP contribution >= 0.6 is 0 Å². The molecular weight excluding hydrogens is 380 g/mol. The van der Waals surface area contributed by atoms with Crippen LogP contribution in [-0.2, 0) is 0 Å². The van der Waals surface area contributed by atoms with Gasteiger partial charge in [0.2, 0.25) is 5.79 Å². The molecular formula is C27H28N4. The van der Waals surface area contributed by atoms with Crippen molar-refractivity contribution in [3.05, 3.63) is 121 Å². The van der Waals surface area contributed by atoms with Crippen molar-refractivity contribution in [3.63, 3.8) is 0 Å². The van der Waals surface area contributed by atoms with Gasteiger partial charge in [-0.3, -0.25) is 0 Å². The molecule has 4 heteroatoms. The van der Waals surface area contributed by atoms with Gasteiger partial charge in [-0.1, -0.05) is 72.8 Å². The number of benzene rings is 4. The topological polar surface area (TPSA) is 39.3 Å². The van der Waals surface area contributed by atoms with Crippen LogP contribution in [0.15, 0.2) is 121 Å². The van der Waals surface area contributed by atoms with Crippen LogP contribution in [0.3, 0.4) is 0 Å². The second-order valence-electron chi connectivity index (χ2n) is 7.46. The Morgan fingerprint density at radius 2 is 0.935 bits per heavy atom. The smallest absolute Gasteiger partial charge is 0.205 e. The summed E-state index contributed by atoms with van der Waals surface area (Å²) in [5.41, 5.74) is 4.23. The van der Waals surface area contributed by atoms with E-state index >= 15 is 0 Å². The molecule has 31 heavy (non-hydrogen) atoms. The first-order valence-corrected chi connectivity index (χ1v) is 10.5. The maximum Gasteiger partial charge on any atom is 0.205 e. The lowest BCUT2D eigenvalue weighted by atomic mass is 10.1. The van der Waals surface area contributed by atoms with Gasteiger partial charge in [0.1, 0.15) is 0 Å². The summed E-state index contributed by atoms with van der Waals surface area (Å²) < 4.78 is 0. The minimum absolute atomic E-state index is 0.603. The number of para-hydroxylation sites is 4. The Morgan fingerprint density at radius 1 is 0.548 bits per heavy atom. The number of likely N-dealkylation sites (N-methyl/N-ethyl adjacent to an activating group) is 1. The molecule has 4 aromatic carbocycles. The highest BCUT2D eigenvalue weighted by atomic mass is 15.5. The number of nitrogens with one attached hydrogen (secondary N) is 3. The molecule has 0 aliphatic rings. The van der Waals surface area contributed by atoms with Crippen molar-refractivity contribution in [1.29, 1.82) is 0 Å². The third-order valence-corrected chi connectivity index (χ3v) is 5.29. The summed E-state index contributed by atoms with van der Waals surface area (Å²) in [4.78, 5) is 2.24. The van der Waals surface area contributed by atoms with Gasteiger partial charge in [0.15, 0.2) is 0 Å². The Kier molecular flexibility index (Phi) is 6.38. The molecule has 0 bridgehead atoms. The van der Waals surface area contributed by atoms with Crippen LogP contribution in [0.25, 0.3) is 0 Å². The van der Waals surface area contributed by atoms with Crippen molar-refractivity contribution in [2.75, 3.05) is 34.4 Å². The minimum atomic E-state index is -0.653. The van der Waals surface area contributed by atoms with E-state index in [0.29, 0.717) is 6.54 Å². The van der Waals surface area contributed by atoms with Crippen LogP contribution in [0.5, 0.6) is 0 Å². The number of hydrogen-bond acceptors (Lipinski definition) is 4. The molecule has 0 saturated heterocycles. The van der Waals surface area contributed by atoms with E-state index in [1.165, 1.54) is 0 Å². The number of hydrogen-bond donors (Lipinski definition) is 3. The fraction of sp³-hybridized carbons (Fsp3) is 0.111. The monoisotopic (exact) mass is 408 g/mol. The zero-order valence-electron chi connectivity index (χ0n) is 17.7. The molecule has 156 valence electrons. The van der Waals surface area contributed by atoms with Gasteiger partial charge in [-0.15, -0.1) is 0 Å². The molecule has 0 heterocycles. The fourth-order valence-electron chi connectivity index (χ4n) is 3.58. The van der Waals surface area contributed by atoms with Gasteiger partial charge in [0, 0.05) is 29.8 Å². The van der Waals surface area contributed by atoms with Crippen molar-refractivity contribution < 1.29 is 0 Å². The Hall–Kier alpha value is -3.92. The maximum absolute atomic E-state index is 3.76. The predicted octanol–water partition coefficient (Wildman–Crippen LogP) is 6.11. The largest absolute Gasteiger partial charge is 0.379 e. The second-order valence-corrected chi connectivity index (χ2v) is 7.46. The van der Waals surface area contributed by atoms with E-state index in [2.05, 4.69) is 88.6 Å². The zero-order chi connectivity index (χ0) is 21.4. The lowest BCUT2D eigenvalue weighted by molar-refractivity contribution is 0.544. The van der Waals surface area contributed by atoms with Crippen LogP contribution in [0.4, 0.5) is 22.7 Å². The molecule has 0 saturated carbocycles. The lowest BCUT2D eigenvalue weighted by Crippen LogP contribution is -2.63. The van der Waals surface area contributed by atoms with Gasteiger partial charge in [-0.05, 0) is 48.5 Å². The first kappa shape index (κ1) is 20.4. The second kappa shape index (κ2) is 9.72. The summed E-state index contributed by atoms with van der Waals surface area (Å²) in [7, 11) is 2.11. The van der Waals surface area contributed by atoms with Crippen molar-refractivity contribution in [1.82, 2.24) is 0 Å². The normalized spacial score (nSPS) is 10.9. The maximum atomic E-state index is 3.76. The summed E-state index contributed by atoms with van der Waals surface area (Å²) in [6, 6.07) is 41.3. The van der Waals surface area contributed by atoms with Crippen molar-refractivity contribution in [2.45, 2.75) is 5.79 Å². The highest BCUT2D eigenvalue weighted by Gasteiger charge is 2.35. The van der Waals surface area contributed by atoms with E-state index in [4.69, 9.17) is 0 Å². The molecule has 4 aromatic rings. The summed E-state index contributed by atoms with van der Waals surface area (Å²) in [5.74, 6) is -0.653. The quantitative estimate of drug-likeness (QED) is 0.292. The van der Waals surface area contributed by atoms with Gasteiger partial charge >= 0.3 is 0 Å². The third-order valence-electron chi connectivity index (χ3n) is 5.29. The molecule has 4 rings (SSSR count). The Morgan fingerprint density at radius 3 is 1.39 bits per heavy atom. The van der Waals surface area contributed by atoms with Crippen molar-refractivity contribution in [2.24, 2.45) is 0 Å². The number of nitrogens with zero attached hydrogens (tertiary/aromatic N) is 1. The first-order valence-electron chi connectivity index (χ1n) is 10.5. The predicted molar refractivity (Wildman–Crippen MR) is 133 cm³/mol. The molecule has 0 spiro atoms. The van der Waals surface area contributed by atoms with E-state index in [0.717, 1.165) is 22.7 Å². The van der Waals surface area contributed by atoms with Gasteiger partial charge in [0.25, 0.3) is 0 Å². The fourth-order valence-corrected chi connectivity index (χ4v) is 3.58. The van der Waals surface area contributed by atoms with Crippen LogP contribution in [0.2, 0.25) is 0 Å². The SMILES string of the molecule is CN(c1ccccc1)C(CNc1ccccc1)(Nc1ccccc1)Nc1ccccc1. The van der Waals surface area contributed by atoms with Crippen molar-refractivity contribution >= 4 is 22.7 Å². The number of anilines is 4. The van der Waals surface area contributed by atoms with E-state index in [-0.39, 0.29) is 0 Å². The van der Waals surface area contributed by atoms with Gasteiger partial charge in [-0.25, -0.2) is 0 Å². The lowest BCUT2D eigenvalue weighted by Gasteiger charge is -2.45. The highest BCUT2D eigenvalue weighted by molar-refractivity contribution is 5.61. The minimum Gasteiger partial charge on any atom is -0.379 e. The standard InChI is InChI=1S/C27H28N4/c1-31(26-20-12-5-13-21-26)27(29-24-16-8-3-9-17-24,30-25-18-10-4-11-19-25)22-28-23-14-6-2-7-15-23/h2-21,28-30H,22H2,1H3. The van der Waals surface area contributed by atoms with Gasteiger partial charge in [0.05, 0.1) is 6.54 Å². The van der Waals surface area contributed by atoms with E-state index in [9.17, 15) is 0 Å². The van der Waals surface area contributed by atoms with Crippen LogP contribution in [0, 0.1) is 0 Å². The van der Waals surface area contributed by atoms with Crippen LogP contribution < -0.4 is 20.9 Å². The van der Waals surface area contributed by atoms with E-state index < -0.39 is 5.79 Å². The Labute approximate surface area is 184 Å². The first-order chi connectivity index (χ1) is 15.3. The van der Waals surface area contributed by atoms with Crippen LogP contribution in [-0.4, -0.2) is 19.4 Å². The van der Waals surface area contributed by atoms with Crippen molar-refractivity contribution in [3.8, 4) is 0 Å². The van der Waals surface area contributed by atoms with Gasteiger partial charge in [-0.2, -0.15) is 0 Å². The number of rotatable bonds is 9. The van der Waals surface area contributed by atoms with Crippen LogP contribution in [0.1, 0.15) is 0 Å². The molecule has 0 atom stereocenters. The molecule has 0 aliphatic heterocycles. The Bertz CT molecular complexity index is 996. The molecule has 0 aromatic heterocycles. The van der Waals surface area contributed by atoms with E-state index in [1.807, 2.05) is 60.7 Å². The molecule has 0 radical (unpaired) electrons. The molecule has 0 amide bonds. The highest BCUT2D eigenvalue weighted by Crippen LogP contribution is 2.27. The van der Waals surface area contributed by atoms with Gasteiger partial charge < -0.3 is 20.9 Å². The summed E-state index contributed by atoms with van der Waals surface area (Å²) >= 11 is 0. The average molecular weight is 409 g/mol. The third kappa shape index (κ3) is 5.17. The summed E-state index contributed by atoms with van der Waals surface area (Å²) in [5, 5.41) is 11.1. The van der Waals surface area contributed by atoms with E-state index in [1.54, 1.807) is 0 Å². The molecule has 0 unspecified atom stereocenters. The molecule has 4 nitrogen and oxygen atoms in total. The molecule has 0 aliphatic carbocycles. The summed E-state index contributed by atoms with van der Waals surface area (Å²) in [6.07, 6.45) is 0. The Balaban J connectivity index is 1.75. The summed E-state index contributed by atoms with van der Waals surface area (Å²) in [6.45, 7) is 0.603. The molecule has 3 N–H and O–H groups in total. The zero-order valence-corrected chi connectivity index (χ0v) is 17.7.